The number of nitrogens with zero attached hydrogens (tertiary/aromatic N) is 5. The molecule has 0 spiro atoms. The topological polar surface area (TPSA) is 94.7 Å². The first-order chi connectivity index (χ1) is 11.9. The molecule has 0 bridgehead atoms. The van der Waals surface area contributed by atoms with Crippen LogP contribution in [0.15, 0.2) is 42.9 Å². The lowest BCUT2D eigenvalue weighted by Crippen LogP contribution is -2.44. The van der Waals surface area contributed by atoms with Crippen molar-refractivity contribution in [1.82, 2.24) is 30.5 Å². The minimum Gasteiger partial charge on any atom is -0.340 e. The molecule has 4 rings (SSSR count). The number of H-pyrrole nitrogens is 1. The second-order valence-electron chi connectivity index (χ2n) is 5.52. The van der Waals surface area contributed by atoms with Crippen LogP contribution in [0.4, 0.5) is 17.5 Å². The van der Waals surface area contributed by atoms with Gasteiger partial charge in [-0.3, -0.25) is 5.10 Å². The molecule has 8 nitrogen and oxygen atoms in total. The smallest absolute Gasteiger partial charge is 0.227 e. The summed E-state index contributed by atoms with van der Waals surface area (Å²) in [6, 6.07) is 9.83. The molecule has 1 aliphatic heterocycles. The van der Waals surface area contributed by atoms with Crippen LogP contribution >= 0.6 is 0 Å². The zero-order chi connectivity index (χ0) is 16.2. The van der Waals surface area contributed by atoms with Gasteiger partial charge in [-0.15, -0.1) is 0 Å². The van der Waals surface area contributed by atoms with Crippen molar-refractivity contribution >= 4 is 17.5 Å². The Kier molecular flexibility index (Phi) is 4.03. The average Bonchev–Trinajstić information content (AvgIpc) is 3.18. The molecular weight excluding hydrogens is 304 g/mol. The Bertz CT molecular complexity index is 778. The Balaban J connectivity index is 1.48. The number of anilines is 3. The summed E-state index contributed by atoms with van der Waals surface area (Å²) in [4.78, 5) is 15.3. The van der Waals surface area contributed by atoms with Crippen molar-refractivity contribution in [3.8, 4) is 11.4 Å². The van der Waals surface area contributed by atoms with Crippen LogP contribution in [0.1, 0.15) is 0 Å². The van der Waals surface area contributed by atoms with Gasteiger partial charge in [-0.25, -0.2) is 9.97 Å². The number of hydrogen-bond acceptors (Lipinski definition) is 7. The van der Waals surface area contributed by atoms with Crippen LogP contribution in [0.2, 0.25) is 0 Å². The van der Waals surface area contributed by atoms with Crippen LogP contribution in [0, 0.1) is 0 Å². The summed E-state index contributed by atoms with van der Waals surface area (Å²) in [5, 5.41) is 13.4. The van der Waals surface area contributed by atoms with Gasteiger partial charge in [0.15, 0.2) is 5.82 Å². The number of nitrogens with one attached hydrogen (secondary N) is 3. The molecule has 24 heavy (non-hydrogen) atoms. The number of aromatic nitrogens is 5. The zero-order valence-electron chi connectivity index (χ0n) is 13.1. The van der Waals surface area contributed by atoms with Gasteiger partial charge >= 0.3 is 0 Å². The summed E-state index contributed by atoms with van der Waals surface area (Å²) < 4.78 is 0. The highest BCUT2D eigenvalue weighted by Crippen LogP contribution is 2.20. The molecule has 3 aromatic rings. The molecule has 1 aromatic carbocycles. The molecule has 1 fully saturated rings. The number of aromatic amines is 1. The van der Waals surface area contributed by atoms with Crippen LogP contribution in [0.25, 0.3) is 11.4 Å². The molecule has 0 aliphatic carbocycles. The monoisotopic (exact) mass is 322 g/mol. The number of hydrogen-bond donors (Lipinski definition) is 3. The van der Waals surface area contributed by atoms with Crippen LogP contribution in [-0.2, 0) is 0 Å². The molecular formula is C16H18N8. The first kappa shape index (κ1) is 14.6. The summed E-state index contributed by atoms with van der Waals surface area (Å²) in [6.45, 7) is 3.78. The van der Waals surface area contributed by atoms with E-state index in [2.05, 4.69) is 40.7 Å². The summed E-state index contributed by atoms with van der Waals surface area (Å²) in [5.74, 6) is 2.30. The molecule has 0 unspecified atom stereocenters. The standard InChI is InChI=1S/C16H18N8/c1-3-13(4-2-12(1)15-19-11-20-23-15)21-14-5-6-18-16(22-14)24-9-7-17-8-10-24/h1-6,11,17H,7-10H2,(H,18,21,22)(H,19,20,23). The van der Waals surface area contributed by atoms with Gasteiger partial charge in [-0.2, -0.15) is 10.1 Å². The van der Waals surface area contributed by atoms with E-state index in [1.54, 1.807) is 6.20 Å². The molecule has 0 amide bonds. The van der Waals surface area contributed by atoms with Gasteiger partial charge in [0, 0.05) is 43.6 Å². The van der Waals surface area contributed by atoms with E-state index in [9.17, 15) is 0 Å². The second-order valence-corrected chi connectivity index (χ2v) is 5.52. The Morgan fingerprint density at radius 1 is 1.00 bits per heavy atom. The fraction of sp³-hybridized carbons (Fsp3) is 0.250. The van der Waals surface area contributed by atoms with E-state index in [4.69, 9.17) is 0 Å². The molecule has 3 heterocycles. The first-order valence-corrected chi connectivity index (χ1v) is 7.90. The lowest BCUT2D eigenvalue weighted by Gasteiger charge is -2.27. The molecule has 122 valence electrons. The van der Waals surface area contributed by atoms with Crippen molar-refractivity contribution in [2.24, 2.45) is 0 Å². The molecule has 0 saturated carbocycles. The van der Waals surface area contributed by atoms with Gasteiger partial charge in [0.05, 0.1) is 0 Å². The van der Waals surface area contributed by atoms with Crippen molar-refractivity contribution in [1.29, 1.82) is 0 Å². The van der Waals surface area contributed by atoms with Crippen molar-refractivity contribution in [3.05, 3.63) is 42.9 Å². The van der Waals surface area contributed by atoms with Crippen molar-refractivity contribution in [3.63, 3.8) is 0 Å². The number of piperazine rings is 1. The number of rotatable bonds is 4. The predicted octanol–water partition coefficient (Wildman–Crippen LogP) is 1.41. The number of benzene rings is 1. The van der Waals surface area contributed by atoms with E-state index < -0.39 is 0 Å². The summed E-state index contributed by atoms with van der Waals surface area (Å²) in [7, 11) is 0. The maximum Gasteiger partial charge on any atom is 0.227 e. The Morgan fingerprint density at radius 3 is 2.58 bits per heavy atom. The minimum atomic E-state index is 0.754. The van der Waals surface area contributed by atoms with Crippen molar-refractivity contribution in [2.45, 2.75) is 0 Å². The van der Waals surface area contributed by atoms with Gasteiger partial charge in [0.25, 0.3) is 0 Å². The maximum atomic E-state index is 4.61. The van der Waals surface area contributed by atoms with Crippen LogP contribution in [0.3, 0.4) is 0 Å². The predicted molar refractivity (Wildman–Crippen MR) is 92.2 cm³/mol. The Morgan fingerprint density at radius 2 is 1.83 bits per heavy atom. The SMILES string of the molecule is c1cc(Nc2ccc(-c3ncn[nH]3)cc2)nc(N2CCNCC2)n1. The minimum absolute atomic E-state index is 0.754. The third kappa shape index (κ3) is 3.18. The molecule has 1 saturated heterocycles. The highest BCUT2D eigenvalue weighted by atomic mass is 15.3. The third-order valence-corrected chi connectivity index (χ3v) is 3.89. The largest absolute Gasteiger partial charge is 0.340 e. The van der Waals surface area contributed by atoms with Crippen LogP contribution in [-0.4, -0.2) is 51.3 Å². The highest BCUT2D eigenvalue weighted by molar-refractivity contribution is 5.63. The van der Waals surface area contributed by atoms with E-state index in [1.165, 1.54) is 6.33 Å². The summed E-state index contributed by atoms with van der Waals surface area (Å²) in [6.07, 6.45) is 3.29. The van der Waals surface area contributed by atoms with Crippen molar-refractivity contribution in [2.75, 3.05) is 36.4 Å². The normalized spacial score (nSPS) is 14.6. The van der Waals surface area contributed by atoms with E-state index in [1.807, 2.05) is 30.3 Å². The van der Waals surface area contributed by atoms with E-state index in [-0.39, 0.29) is 0 Å². The lowest BCUT2D eigenvalue weighted by molar-refractivity contribution is 0.580. The van der Waals surface area contributed by atoms with Gasteiger partial charge in [-0.1, -0.05) is 0 Å². The summed E-state index contributed by atoms with van der Waals surface area (Å²) >= 11 is 0. The average molecular weight is 322 g/mol. The van der Waals surface area contributed by atoms with Gasteiger partial charge in [-0.05, 0) is 30.3 Å². The van der Waals surface area contributed by atoms with Gasteiger partial charge < -0.3 is 15.5 Å². The van der Waals surface area contributed by atoms with Crippen molar-refractivity contribution < 1.29 is 0 Å². The Labute approximate surface area is 139 Å². The lowest BCUT2D eigenvalue weighted by atomic mass is 10.2. The molecule has 1 aliphatic rings. The molecule has 3 N–H and O–H groups in total. The van der Waals surface area contributed by atoms with Crippen LogP contribution < -0.4 is 15.5 Å². The zero-order valence-corrected chi connectivity index (χ0v) is 13.1. The van der Waals surface area contributed by atoms with E-state index in [0.717, 1.165) is 55.0 Å². The van der Waals surface area contributed by atoms with Gasteiger partial charge in [0.2, 0.25) is 5.95 Å². The molecule has 8 heteroatoms. The highest BCUT2D eigenvalue weighted by Gasteiger charge is 2.13. The van der Waals surface area contributed by atoms with E-state index >= 15 is 0 Å². The van der Waals surface area contributed by atoms with Gasteiger partial charge in [0.1, 0.15) is 12.1 Å². The Hall–Kier alpha value is -3.00. The second kappa shape index (κ2) is 6.63. The fourth-order valence-electron chi connectivity index (χ4n) is 2.64. The molecule has 0 radical (unpaired) electrons. The maximum absolute atomic E-state index is 4.61. The molecule has 2 aromatic heterocycles. The van der Waals surface area contributed by atoms with Crippen LogP contribution in [0.5, 0.6) is 0 Å². The summed E-state index contributed by atoms with van der Waals surface area (Å²) in [5.41, 5.74) is 1.95. The fourth-order valence-corrected chi connectivity index (χ4v) is 2.64. The molecule has 0 atom stereocenters. The first-order valence-electron chi connectivity index (χ1n) is 7.90. The third-order valence-electron chi connectivity index (χ3n) is 3.89. The quantitative estimate of drug-likeness (QED) is 0.668. The van der Waals surface area contributed by atoms with E-state index in [0.29, 0.717) is 0 Å².